The molecule has 20 heavy (non-hydrogen) atoms. The number of rotatable bonds is 2. The van der Waals surface area contributed by atoms with Crippen LogP contribution in [0.1, 0.15) is 20.8 Å². The number of hydrogen-bond donors (Lipinski definition) is 1. The summed E-state index contributed by atoms with van der Waals surface area (Å²) in [6.07, 6.45) is 7.52. The maximum absolute atomic E-state index is 11.7. The van der Waals surface area contributed by atoms with Gasteiger partial charge in [-0.3, -0.25) is 20.3 Å². The molecular formula is C14H16N4O2. The highest BCUT2D eigenvalue weighted by molar-refractivity contribution is 5.85. The van der Waals surface area contributed by atoms with E-state index in [9.17, 15) is 4.79 Å². The van der Waals surface area contributed by atoms with Gasteiger partial charge in [-0.25, -0.2) is 4.79 Å². The Kier molecular flexibility index (Phi) is 3.93. The Morgan fingerprint density at radius 2 is 1.95 bits per heavy atom. The average molecular weight is 272 g/mol. The minimum absolute atomic E-state index is 0.518. The van der Waals surface area contributed by atoms with Crippen molar-refractivity contribution < 1.29 is 9.53 Å². The van der Waals surface area contributed by atoms with Gasteiger partial charge in [0, 0.05) is 24.2 Å². The maximum Gasteiger partial charge on any atom is 0.412 e. The maximum atomic E-state index is 11.7. The number of ether oxygens (including phenoxy) is 1. The van der Waals surface area contributed by atoms with Crippen molar-refractivity contribution >= 4 is 11.8 Å². The number of carbonyl (C=O) groups excluding carboxylic acids is 1. The molecule has 0 saturated heterocycles. The number of anilines is 1. The Morgan fingerprint density at radius 3 is 2.60 bits per heavy atom. The molecule has 1 N–H and O–H groups in total. The number of amides is 1. The van der Waals surface area contributed by atoms with Gasteiger partial charge in [0.15, 0.2) is 0 Å². The fourth-order valence-corrected chi connectivity index (χ4v) is 1.52. The lowest BCUT2D eigenvalue weighted by molar-refractivity contribution is 0.0636. The summed E-state index contributed by atoms with van der Waals surface area (Å²) in [5, 5.41) is 2.64. The Morgan fingerprint density at radius 1 is 1.15 bits per heavy atom. The molecule has 0 aliphatic heterocycles. The molecule has 2 heterocycles. The molecule has 0 aromatic carbocycles. The van der Waals surface area contributed by atoms with E-state index in [4.69, 9.17) is 4.74 Å². The lowest BCUT2D eigenvalue weighted by Crippen LogP contribution is -2.27. The number of hydrogen-bond acceptors (Lipinski definition) is 5. The average Bonchev–Trinajstić information content (AvgIpc) is 2.38. The Bertz CT molecular complexity index is 594. The minimum atomic E-state index is -0.542. The van der Waals surface area contributed by atoms with Crippen LogP contribution < -0.4 is 5.32 Å². The molecule has 0 radical (unpaired) electrons. The molecule has 2 aromatic heterocycles. The molecule has 0 saturated carbocycles. The second-order valence-electron chi connectivity index (χ2n) is 5.18. The van der Waals surface area contributed by atoms with Gasteiger partial charge in [-0.15, -0.1) is 0 Å². The van der Waals surface area contributed by atoms with Crippen LogP contribution in [0.5, 0.6) is 0 Å². The molecule has 2 rings (SSSR count). The second-order valence-corrected chi connectivity index (χ2v) is 5.18. The summed E-state index contributed by atoms with van der Waals surface area (Å²) >= 11 is 0. The molecule has 2 aromatic rings. The number of nitrogens with zero attached hydrogens (tertiary/aromatic N) is 3. The molecule has 0 aliphatic rings. The van der Waals surface area contributed by atoms with Crippen LogP contribution in [0.2, 0.25) is 0 Å². The predicted octanol–water partition coefficient (Wildman–Crippen LogP) is 2.89. The van der Waals surface area contributed by atoms with Crippen molar-refractivity contribution in [3.8, 4) is 11.3 Å². The van der Waals surface area contributed by atoms with Crippen molar-refractivity contribution in [2.24, 2.45) is 0 Å². The fraction of sp³-hybridized carbons (Fsp3) is 0.286. The number of pyridine rings is 1. The molecule has 0 atom stereocenters. The van der Waals surface area contributed by atoms with Gasteiger partial charge in [0.05, 0.1) is 23.8 Å². The van der Waals surface area contributed by atoms with Gasteiger partial charge < -0.3 is 4.74 Å². The smallest absolute Gasteiger partial charge is 0.412 e. The summed E-state index contributed by atoms with van der Waals surface area (Å²) in [4.78, 5) is 23.9. The first-order valence-electron chi connectivity index (χ1n) is 6.15. The third-order valence-corrected chi connectivity index (χ3v) is 2.24. The lowest BCUT2D eigenvalue weighted by atomic mass is 10.2. The van der Waals surface area contributed by atoms with Crippen LogP contribution in [0.15, 0.2) is 37.1 Å². The highest BCUT2D eigenvalue weighted by atomic mass is 16.6. The number of nitrogens with one attached hydrogen (secondary N) is 1. The highest BCUT2D eigenvalue weighted by Gasteiger charge is 2.16. The largest absolute Gasteiger partial charge is 0.444 e. The van der Waals surface area contributed by atoms with E-state index in [1.54, 1.807) is 57.8 Å². The van der Waals surface area contributed by atoms with E-state index >= 15 is 0 Å². The van der Waals surface area contributed by atoms with Gasteiger partial charge in [0.2, 0.25) is 0 Å². The first-order valence-corrected chi connectivity index (χ1v) is 6.15. The van der Waals surface area contributed by atoms with E-state index in [0.717, 1.165) is 5.56 Å². The third kappa shape index (κ3) is 4.01. The summed E-state index contributed by atoms with van der Waals surface area (Å²) in [5.41, 5.74) is 1.46. The van der Waals surface area contributed by atoms with Crippen molar-refractivity contribution in [3.63, 3.8) is 0 Å². The molecule has 0 fully saturated rings. The first kappa shape index (κ1) is 13.9. The molecule has 0 aliphatic carbocycles. The van der Waals surface area contributed by atoms with Crippen molar-refractivity contribution in [1.82, 2.24) is 15.0 Å². The Labute approximate surface area is 117 Å². The van der Waals surface area contributed by atoms with Crippen LogP contribution in [0.25, 0.3) is 11.3 Å². The van der Waals surface area contributed by atoms with Crippen molar-refractivity contribution in [1.29, 1.82) is 0 Å². The van der Waals surface area contributed by atoms with E-state index < -0.39 is 11.7 Å². The molecule has 0 spiro atoms. The van der Waals surface area contributed by atoms with E-state index in [-0.39, 0.29) is 0 Å². The SMILES string of the molecule is CC(C)(C)OC(=O)Nc1cncc(-c2cnccn2)c1. The third-order valence-electron chi connectivity index (χ3n) is 2.24. The van der Waals surface area contributed by atoms with Gasteiger partial charge >= 0.3 is 6.09 Å². The van der Waals surface area contributed by atoms with Crippen LogP contribution in [-0.2, 0) is 4.74 Å². The van der Waals surface area contributed by atoms with E-state index in [1.165, 1.54) is 0 Å². The standard InChI is InChI=1S/C14H16N4O2/c1-14(2,3)20-13(19)18-11-6-10(7-16-8-11)12-9-15-4-5-17-12/h4-9H,1-3H3,(H,18,19). The molecule has 6 nitrogen and oxygen atoms in total. The minimum Gasteiger partial charge on any atom is -0.444 e. The monoisotopic (exact) mass is 272 g/mol. The Hall–Kier alpha value is -2.50. The summed E-state index contributed by atoms with van der Waals surface area (Å²) in [7, 11) is 0. The highest BCUT2D eigenvalue weighted by Crippen LogP contribution is 2.19. The van der Waals surface area contributed by atoms with Crippen LogP contribution in [-0.4, -0.2) is 26.6 Å². The predicted molar refractivity (Wildman–Crippen MR) is 75.1 cm³/mol. The van der Waals surface area contributed by atoms with Crippen molar-refractivity contribution in [3.05, 3.63) is 37.1 Å². The number of carbonyl (C=O) groups is 1. The van der Waals surface area contributed by atoms with Crippen LogP contribution >= 0.6 is 0 Å². The fourth-order valence-electron chi connectivity index (χ4n) is 1.52. The topological polar surface area (TPSA) is 77.0 Å². The quantitative estimate of drug-likeness (QED) is 0.909. The molecular weight excluding hydrogens is 256 g/mol. The molecule has 104 valence electrons. The summed E-state index contributed by atoms with van der Waals surface area (Å²) in [6.45, 7) is 5.42. The molecule has 0 bridgehead atoms. The molecule has 6 heteroatoms. The molecule has 0 unspecified atom stereocenters. The first-order chi connectivity index (χ1) is 9.44. The van der Waals surface area contributed by atoms with Crippen molar-refractivity contribution in [2.75, 3.05) is 5.32 Å². The summed E-state index contributed by atoms with van der Waals surface area (Å²) in [5.74, 6) is 0. The van der Waals surface area contributed by atoms with Gasteiger partial charge in [0.1, 0.15) is 5.60 Å². The zero-order valence-corrected chi connectivity index (χ0v) is 11.6. The van der Waals surface area contributed by atoms with Gasteiger partial charge in [-0.2, -0.15) is 0 Å². The zero-order valence-electron chi connectivity index (χ0n) is 11.6. The second kappa shape index (κ2) is 5.64. The van der Waals surface area contributed by atoms with Gasteiger partial charge in [0.25, 0.3) is 0 Å². The van der Waals surface area contributed by atoms with Gasteiger partial charge in [-0.1, -0.05) is 0 Å². The van der Waals surface area contributed by atoms with Crippen LogP contribution in [0.4, 0.5) is 10.5 Å². The Balaban J connectivity index is 2.13. The van der Waals surface area contributed by atoms with Crippen LogP contribution in [0.3, 0.4) is 0 Å². The van der Waals surface area contributed by atoms with Gasteiger partial charge in [-0.05, 0) is 26.8 Å². The summed E-state index contributed by atoms with van der Waals surface area (Å²) in [6, 6.07) is 1.76. The van der Waals surface area contributed by atoms with Crippen LogP contribution in [0, 0.1) is 0 Å². The summed E-state index contributed by atoms with van der Waals surface area (Å²) < 4.78 is 5.18. The van der Waals surface area contributed by atoms with E-state index in [2.05, 4.69) is 20.3 Å². The lowest BCUT2D eigenvalue weighted by Gasteiger charge is -2.19. The van der Waals surface area contributed by atoms with Crippen molar-refractivity contribution in [2.45, 2.75) is 26.4 Å². The molecule has 1 amide bonds. The normalized spacial score (nSPS) is 10.9. The zero-order chi connectivity index (χ0) is 14.6. The number of aromatic nitrogens is 3. The van der Waals surface area contributed by atoms with E-state index in [1.807, 2.05) is 0 Å². The van der Waals surface area contributed by atoms with E-state index in [0.29, 0.717) is 11.4 Å².